The number of amides is 2. The number of benzene rings is 1. The molecule has 2 amide bonds. The number of aliphatic hydroxyl groups is 1. The number of nitrogens with zero attached hydrogens (tertiary/aromatic N) is 3. The standard InChI is InChI=1S/C14H19N5O2/c1-14(2,21)10-16-13(20)15-8-11-9-19(18-17-11)12-6-4-3-5-7-12/h3-7,9,21H,8,10H2,1-2H3,(H2,15,16,20). The first kappa shape index (κ1) is 15.0. The lowest BCUT2D eigenvalue weighted by molar-refractivity contribution is 0.0819. The number of nitrogens with one attached hydrogen (secondary N) is 2. The normalized spacial score (nSPS) is 11.2. The van der Waals surface area contributed by atoms with E-state index in [0.29, 0.717) is 5.69 Å². The molecular formula is C14H19N5O2. The van der Waals surface area contributed by atoms with E-state index in [1.807, 2.05) is 30.3 Å². The van der Waals surface area contributed by atoms with Crippen molar-refractivity contribution in [3.63, 3.8) is 0 Å². The molecule has 0 saturated carbocycles. The van der Waals surface area contributed by atoms with Gasteiger partial charge in [0.05, 0.1) is 24.0 Å². The van der Waals surface area contributed by atoms with Gasteiger partial charge in [-0.05, 0) is 26.0 Å². The van der Waals surface area contributed by atoms with Crippen molar-refractivity contribution in [2.75, 3.05) is 6.54 Å². The molecule has 1 heterocycles. The second kappa shape index (κ2) is 6.36. The Morgan fingerprint density at radius 1 is 1.29 bits per heavy atom. The highest BCUT2D eigenvalue weighted by Gasteiger charge is 2.13. The largest absolute Gasteiger partial charge is 0.389 e. The lowest BCUT2D eigenvalue weighted by Crippen LogP contribution is -2.43. The molecule has 7 nitrogen and oxygen atoms in total. The van der Waals surface area contributed by atoms with Gasteiger partial charge >= 0.3 is 6.03 Å². The Labute approximate surface area is 123 Å². The molecule has 1 aromatic heterocycles. The fraction of sp³-hybridized carbons (Fsp3) is 0.357. The van der Waals surface area contributed by atoms with Gasteiger partial charge in [0.1, 0.15) is 5.69 Å². The van der Waals surface area contributed by atoms with Gasteiger partial charge < -0.3 is 15.7 Å². The molecule has 0 bridgehead atoms. The third-order valence-corrected chi connectivity index (χ3v) is 2.67. The van der Waals surface area contributed by atoms with Gasteiger partial charge in [-0.15, -0.1) is 5.10 Å². The fourth-order valence-corrected chi connectivity index (χ4v) is 1.62. The summed E-state index contributed by atoms with van der Waals surface area (Å²) in [6, 6.07) is 9.24. The number of para-hydroxylation sites is 1. The van der Waals surface area contributed by atoms with Crippen molar-refractivity contribution in [2.45, 2.75) is 26.0 Å². The van der Waals surface area contributed by atoms with Crippen molar-refractivity contribution in [2.24, 2.45) is 0 Å². The maximum absolute atomic E-state index is 11.6. The van der Waals surface area contributed by atoms with Gasteiger partial charge in [0, 0.05) is 6.54 Å². The summed E-state index contributed by atoms with van der Waals surface area (Å²) >= 11 is 0. The van der Waals surface area contributed by atoms with Crippen LogP contribution >= 0.6 is 0 Å². The smallest absolute Gasteiger partial charge is 0.315 e. The van der Waals surface area contributed by atoms with E-state index >= 15 is 0 Å². The van der Waals surface area contributed by atoms with Gasteiger partial charge in [-0.1, -0.05) is 23.4 Å². The van der Waals surface area contributed by atoms with Crippen LogP contribution < -0.4 is 10.6 Å². The summed E-state index contributed by atoms with van der Waals surface area (Å²) in [4.78, 5) is 11.6. The Kier molecular flexibility index (Phi) is 4.54. The molecule has 0 aliphatic heterocycles. The molecule has 2 aromatic rings. The Bertz CT molecular complexity index is 589. The summed E-state index contributed by atoms with van der Waals surface area (Å²) in [5.74, 6) is 0. The molecule has 0 aliphatic carbocycles. The number of urea groups is 1. The first-order valence-corrected chi connectivity index (χ1v) is 6.65. The highest BCUT2D eigenvalue weighted by atomic mass is 16.3. The Morgan fingerprint density at radius 3 is 2.67 bits per heavy atom. The van der Waals surface area contributed by atoms with E-state index in [-0.39, 0.29) is 19.1 Å². The zero-order chi connectivity index (χ0) is 15.3. The molecule has 0 atom stereocenters. The van der Waals surface area contributed by atoms with Gasteiger partial charge in [-0.25, -0.2) is 9.48 Å². The van der Waals surface area contributed by atoms with E-state index in [1.54, 1.807) is 24.7 Å². The van der Waals surface area contributed by atoms with Gasteiger partial charge in [0.2, 0.25) is 0 Å². The highest BCUT2D eigenvalue weighted by molar-refractivity contribution is 5.73. The number of aromatic nitrogens is 3. The minimum absolute atomic E-state index is 0.176. The van der Waals surface area contributed by atoms with Crippen molar-refractivity contribution < 1.29 is 9.90 Å². The molecule has 1 aromatic carbocycles. The van der Waals surface area contributed by atoms with Crippen LogP contribution in [-0.2, 0) is 6.54 Å². The Morgan fingerprint density at radius 2 is 2.00 bits per heavy atom. The van der Waals surface area contributed by atoms with Crippen LogP contribution in [0, 0.1) is 0 Å². The molecule has 0 saturated heterocycles. The lowest BCUT2D eigenvalue weighted by atomic mass is 10.1. The van der Waals surface area contributed by atoms with Crippen LogP contribution in [0.5, 0.6) is 0 Å². The second-order valence-corrected chi connectivity index (χ2v) is 5.34. The number of hydrogen-bond acceptors (Lipinski definition) is 4. The van der Waals surface area contributed by atoms with E-state index in [4.69, 9.17) is 0 Å². The van der Waals surface area contributed by atoms with Crippen molar-refractivity contribution in [3.8, 4) is 5.69 Å². The average molecular weight is 289 g/mol. The quantitative estimate of drug-likeness (QED) is 0.760. The van der Waals surface area contributed by atoms with Gasteiger partial charge in [-0.2, -0.15) is 0 Å². The first-order chi connectivity index (χ1) is 9.94. The predicted octanol–water partition coefficient (Wildman–Crippen LogP) is 0.837. The molecule has 0 spiro atoms. The molecule has 21 heavy (non-hydrogen) atoms. The van der Waals surface area contributed by atoms with Crippen LogP contribution in [0.15, 0.2) is 36.5 Å². The lowest BCUT2D eigenvalue weighted by Gasteiger charge is -2.17. The minimum Gasteiger partial charge on any atom is -0.389 e. The Hall–Kier alpha value is -2.41. The number of carbonyl (C=O) groups excluding carboxylic acids is 1. The summed E-state index contributed by atoms with van der Waals surface area (Å²) in [5.41, 5.74) is 0.619. The van der Waals surface area contributed by atoms with Crippen LogP contribution in [0.3, 0.4) is 0 Å². The summed E-state index contributed by atoms with van der Waals surface area (Å²) in [6.45, 7) is 3.69. The van der Waals surface area contributed by atoms with E-state index in [9.17, 15) is 9.90 Å². The zero-order valence-corrected chi connectivity index (χ0v) is 12.1. The van der Waals surface area contributed by atoms with Crippen molar-refractivity contribution in [3.05, 3.63) is 42.2 Å². The maximum Gasteiger partial charge on any atom is 0.315 e. The molecule has 0 fully saturated rings. The molecule has 0 unspecified atom stereocenters. The predicted molar refractivity (Wildman–Crippen MR) is 77.9 cm³/mol. The molecule has 3 N–H and O–H groups in total. The summed E-state index contributed by atoms with van der Waals surface area (Å²) in [6.07, 6.45) is 1.76. The van der Waals surface area contributed by atoms with E-state index < -0.39 is 5.60 Å². The van der Waals surface area contributed by atoms with Gasteiger partial charge in [0.15, 0.2) is 0 Å². The van der Waals surface area contributed by atoms with E-state index in [2.05, 4.69) is 20.9 Å². The first-order valence-electron chi connectivity index (χ1n) is 6.65. The topological polar surface area (TPSA) is 92.1 Å². The molecule has 2 rings (SSSR count). The van der Waals surface area contributed by atoms with E-state index in [0.717, 1.165) is 5.69 Å². The molecule has 7 heteroatoms. The van der Waals surface area contributed by atoms with Gasteiger partial charge in [-0.3, -0.25) is 0 Å². The molecular weight excluding hydrogens is 270 g/mol. The van der Waals surface area contributed by atoms with E-state index in [1.165, 1.54) is 0 Å². The van der Waals surface area contributed by atoms with Crippen LogP contribution in [0.25, 0.3) is 5.69 Å². The minimum atomic E-state index is -0.937. The van der Waals surface area contributed by atoms with Crippen LogP contribution in [0.1, 0.15) is 19.5 Å². The van der Waals surface area contributed by atoms with Crippen molar-refractivity contribution in [1.82, 2.24) is 25.6 Å². The zero-order valence-electron chi connectivity index (χ0n) is 12.1. The third-order valence-electron chi connectivity index (χ3n) is 2.67. The maximum atomic E-state index is 11.6. The number of hydrogen-bond donors (Lipinski definition) is 3. The highest BCUT2D eigenvalue weighted by Crippen LogP contribution is 2.05. The van der Waals surface area contributed by atoms with Crippen molar-refractivity contribution in [1.29, 1.82) is 0 Å². The SMILES string of the molecule is CC(C)(O)CNC(=O)NCc1cn(-c2ccccc2)nn1. The molecule has 112 valence electrons. The number of rotatable bonds is 5. The third kappa shape index (κ3) is 4.88. The summed E-state index contributed by atoms with van der Waals surface area (Å²) < 4.78 is 1.64. The van der Waals surface area contributed by atoms with Gasteiger partial charge in [0.25, 0.3) is 0 Å². The second-order valence-electron chi connectivity index (χ2n) is 5.34. The summed E-state index contributed by atoms with van der Waals surface area (Å²) in [7, 11) is 0. The van der Waals surface area contributed by atoms with Crippen LogP contribution in [0.4, 0.5) is 4.79 Å². The molecule has 0 radical (unpaired) electrons. The monoisotopic (exact) mass is 289 g/mol. The Balaban J connectivity index is 1.85. The average Bonchev–Trinajstić information content (AvgIpc) is 2.92. The number of carbonyl (C=O) groups is 1. The van der Waals surface area contributed by atoms with Crippen molar-refractivity contribution >= 4 is 6.03 Å². The summed E-state index contributed by atoms with van der Waals surface area (Å²) in [5, 5.41) is 22.7. The van der Waals surface area contributed by atoms with Crippen LogP contribution in [-0.4, -0.2) is 38.3 Å². The fourth-order valence-electron chi connectivity index (χ4n) is 1.62. The molecule has 0 aliphatic rings. The van der Waals surface area contributed by atoms with Crippen LogP contribution in [0.2, 0.25) is 0 Å².